The Morgan fingerprint density at radius 3 is 2.65 bits per heavy atom. The summed E-state index contributed by atoms with van der Waals surface area (Å²) < 4.78 is 40.5. The number of carbonyl (C=O) groups is 1. The Balaban J connectivity index is 1.67. The van der Waals surface area contributed by atoms with E-state index in [4.69, 9.17) is 21.1 Å². The maximum absolute atomic E-state index is 14.2. The molecule has 2 fully saturated rings. The highest BCUT2D eigenvalue weighted by Crippen LogP contribution is 2.33. The van der Waals surface area contributed by atoms with Gasteiger partial charge in [-0.15, -0.1) is 11.6 Å². The number of para-hydroxylation sites is 1. The first kappa shape index (κ1) is 25.3. The zero-order valence-corrected chi connectivity index (χ0v) is 21.2. The Hall–Kier alpha value is -3.32. The fourth-order valence-corrected chi connectivity index (χ4v) is 4.92. The molecule has 4 heterocycles. The number of carbonyl (C=O) groups excluding carboxylic acids is 1. The van der Waals surface area contributed by atoms with Crippen molar-refractivity contribution in [3.8, 4) is 11.7 Å². The number of anilines is 2. The maximum Gasteiger partial charge on any atom is 0.296 e. The first-order valence-electron chi connectivity index (χ1n) is 11.9. The molecule has 14 heteroatoms. The average molecular weight is 537 g/mol. The van der Waals surface area contributed by atoms with Gasteiger partial charge in [0.15, 0.2) is 5.82 Å². The number of likely N-dealkylation sites (tertiary alicyclic amines) is 1. The number of halogens is 3. The third-order valence-electron chi connectivity index (χ3n) is 6.60. The van der Waals surface area contributed by atoms with Crippen LogP contribution in [0.1, 0.15) is 25.1 Å². The Morgan fingerprint density at radius 2 is 1.95 bits per heavy atom. The third-order valence-corrected chi connectivity index (χ3v) is 6.83. The summed E-state index contributed by atoms with van der Waals surface area (Å²) in [6, 6.07) is 5.01. The largest absolute Gasteiger partial charge is 0.494 e. The van der Waals surface area contributed by atoms with E-state index >= 15 is 0 Å². The lowest BCUT2D eigenvalue weighted by Crippen LogP contribution is -2.47. The number of amides is 1. The van der Waals surface area contributed by atoms with Crippen LogP contribution in [0.3, 0.4) is 0 Å². The number of imidazole rings is 1. The van der Waals surface area contributed by atoms with Gasteiger partial charge in [0.1, 0.15) is 23.3 Å². The summed E-state index contributed by atoms with van der Waals surface area (Å²) in [5.41, 5.74) is 0.653. The van der Waals surface area contributed by atoms with Gasteiger partial charge in [0.2, 0.25) is 23.8 Å². The van der Waals surface area contributed by atoms with Crippen LogP contribution in [-0.2, 0) is 9.53 Å². The van der Waals surface area contributed by atoms with Gasteiger partial charge >= 0.3 is 0 Å². The third kappa shape index (κ3) is 4.73. The van der Waals surface area contributed by atoms with Crippen molar-refractivity contribution in [3.63, 3.8) is 0 Å². The summed E-state index contributed by atoms with van der Waals surface area (Å²) in [6.07, 6.45) is -1.73. The van der Waals surface area contributed by atoms with E-state index in [1.54, 1.807) is 35.0 Å². The molecule has 0 bridgehead atoms. The highest BCUT2D eigenvalue weighted by atomic mass is 35.5. The molecule has 1 unspecified atom stereocenters. The summed E-state index contributed by atoms with van der Waals surface area (Å²) in [5.74, 6) is 0.103. The number of ether oxygens (including phenoxy) is 2. The summed E-state index contributed by atoms with van der Waals surface area (Å²) in [7, 11) is 3.23. The van der Waals surface area contributed by atoms with E-state index in [9.17, 15) is 13.6 Å². The lowest BCUT2D eigenvalue weighted by atomic mass is 10.3. The molecule has 198 valence electrons. The van der Waals surface area contributed by atoms with Crippen LogP contribution in [0.4, 0.5) is 20.7 Å². The molecular formula is C23H27ClF2N8O3. The second kappa shape index (κ2) is 10.6. The molecule has 0 N–H and O–H groups in total. The van der Waals surface area contributed by atoms with Gasteiger partial charge in [-0.1, -0.05) is 6.07 Å². The maximum atomic E-state index is 14.2. The van der Waals surface area contributed by atoms with E-state index in [0.717, 1.165) is 6.42 Å². The van der Waals surface area contributed by atoms with Gasteiger partial charge in [0.25, 0.3) is 6.43 Å². The second-order valence-corrected chi connectivity index (χ2v) is 8.99. The number of alkyl halides is 3. The molecule has 2 aliphatic heterocycles. The van der Waals surface area contributed by atoms with Crippen molar-refractivity contribution in [2.24, 2.45) is 0 Å². The van der Waals surface area contributed by atoms with Crippen molar-refractivity contribution in [2.75, 3.05) is 62.7 Å². The van der Waals surface area contributed by atoms with Crippen LogP contribution in [0.5, 0.6) is 5.75 Å². The number of rotatable bonds is 7. The molecular weight excluding hydrogens is 510 g/mol. The molecule has 1 amide bonds. The van der Waals surface area contributed by atoms with Crippen LogP contribution < -0.4 is 14.5 Å². The number of fused-ring (bicyclic) bond motifs is 1. The Morgan fingerprint density at radius 1 is 1.19 bits per heavy atom. The van der Waals surface area contributed by atoms with Crippen molar-refractivity contribution in [2.45, 2.75) is 25.4 Å². The molecule has 1 aromatic carbocycles. The fourth-order valence-electron chi connectivity index (χ4n) is 4.77. The van der Waals surface area contributed by atoms with Gasteiger partial charge in [-0.3, -0.25) is 9.36 Å². The van der Waals surface area contributed by atoms with Crippen molar-refractivity contribution in [1.29, 1.82) is 0 Å². The van der Waals surface area contributed by atoms with Crippen molar-refractivity contribution < 1.29 is 23.0 Å². The number of hydrogen-bond acceptors (Lipinski definition) is 9. The van der Waals surface area contributed by atoms with E-state index < -0.39 is 12.2 Å². The van der Waals surface area contributed by atoms with Crippen molar-refractivity contribution in [3.05, 3.63) is 24.0 Å². The summed E-state index contributed by atoms with van der Waals surface area (Å²) >= 11 is 5.83. The van der Waals surface area contributed by atoms with E-state index in [1.807, 2.05) is 4.90 Å². The van der Waals surface area contributed by atoms with Crippen molar-refractivity contribution >= 4 is 40.4 Å². The van der Waals surface area contributed by atoms with Gasteiger partial charge in [0.05, 0.1) is 25.8 Å². The minimum Gasteiger partial charge on any atom is -0.494 e. The van der Waals surface area contributed by atoms with Gasteiger partial charge in [-0.25, -0.2) is 13.8 Å². The Bertz CT molecular complexity index is 1290. The quantitative estimate of drug-likeness (QED) is 0.422. The predicted molar refractivity (Wildman–Crippen MR) is 133 cm³/mol. The summed E-state index contributed by atoms with van der Waals surface area (Å²) in [5, 5.41) is 0. The molecule has 11 nitrogen and oxygen atoms in total. The number of hydrogen-bond donors (Lipinski definition) is 0. The number of aromatic nitrogens is 5. The van der Waals surface area contributed by atoms with Gasteiger partial charge in [0, 0.05) is 26.7 Å². The van der Waals surface area contributed by atoms with Crippen LogP contribution in [0.2, 0.25) is 0 Å². The molecule has 2 saturated heterocycles. The topological polar surface area (TPSA) is 102 Å². The normalized spacial score (nSPS) is 18.2. The number of morpholine rings is 1. The minimum atomic E-state index is -2.89. The van der Waals surface area contributed by atoms with Crippen LogP contribution in [0.15, 0.2) is 18.2 Å². The molecule has 5 rings (SSSR count). The lowest BCUT2D eigenvalue weighted by molar-refractivity contribution is -0.129. The average Bonchev–Trinajstić information content (AvgIpc) is 3.58. The monoisotopic (exact) mass is 536 g/mol. The molecule has 0 aliphatic carbocycles. The fraction of sp³-hybridized carbons (Fsp3) is 0.522. The SMILES string of the molecule is COc1cccc2c1nc(C(F)F)n2-c1nc(N2CCOCC2)nc(N(C)C2CCCN2C(=O)CCl)n1. The molecule has 2 aliphatic rings. The molecule has 2 aromatic heterocycles. The van der Waals surface area contributed by atoms with Crippen LogP contribution in [0, 0.1) is 0 Å². The van der Waals surface area contributed by atoms with Gasteiger partial charge in [-0.2, -0.15) is 15.0 Å². The highest BCUT2D eigenvalue weighted by Gasteiger charge is 2.34. The number of benzene rings is 1. The van der Waals surface area contributed by atoms with Gasteiger partial charge in [-0.05, 0) is 25.0 Å². The van der Waals surface area contributed by atoms with Crippen LogP contribution >= 0.6 is 11.6 Å². The molecule has 0 saturated carbocycles. The summed E-state index contributed by atoms with van der Waals surface area (Å²) in [6.45, 7) is 2.61. The lowest BCUT2D eigenvalue weighted by Gasteiger charge is -2.33. The summed E-state index contributed by atoms with van der Waals surface area (Å²) in [4.78, 5) is 35.9. The predicted octanol–water partition coefficient (Wildman–Crippen LogP) is 2.62. The molecule has 1 atom stereocenters. The molecule has 0 radical (unpaired) electrons. The highest BCUT2D eigenvalue weighted by molar-refractivity contribution is 6.27. The zero-order valence-electron chi connectivity index (χ0n) is 20.5. The van der Waals surface area contributed by atoms with E-state index in [0.29, 0.717) is 56.5 Å². The Kier molecular flexibility index (Phi) is 7.24. The number of methoxy groups -OCH3 is 1. The van der Waals surface area contributed by atoms with Crippen LogP contribution in [-0.4, -0.2) is 94.4 Å². The molecule has 0 spiro atoms. The second-order valence-electron chi connectivity index (χ2n) is 8.72. The standard InChI is InChI=1S/C23H27ClF2N8O3/c1-31(16-7-4-8-33(16)17(35)13-24)21-28-22(32-9-11-37-12-10-32)30-23(29-21)34-14-5-3-6-15(36-2)18(14)27-20(34)19(25)26/h3,5-6,16,19H,4,7-13H2,1-2H3. The van der Waals surface area contributed by atoms with Crippen molar-refractivity contribution in [1.82, 2.24) is 29.4 Å². The van der Waals surface area contributed by atoms with E-state index in [1.165, 1.54) is 11.7 Å². The van der Waals surface area contributed by atoms with E-state index in [-0.39, 0.29) is 35.4 Å². The Labute approximate surface area is 217 Å². The molecule has 3 aromatic rings. The minimum absolute atomic E-state index is 0.00221. The van der Waals surface area contributed by atoms with Gasteiger partial charge < -0.3 is 24.2 Å². The smallest absolute Gasteiger partial charge is 0.296 e. The molecule has 37 heavy (non-hydrogen) atoms. The van der Waals surface area contributed by atoms with Crippen LogP contribution in [0.25, 0.3) is 17.0 Å². The zero-order chi connectivity index (χ0) is 26.1. The first-order valence-corrected chi connectivity index (χ1v) is 12.5. The number of nitrogens with zero attached hydrogens (tertiary/aromatic N) is 8. The first-order chi connectivity index (χ1) is 17.9. The van der Waals surface area contributed by atoms with E-state index in [2.05, 4.69) is 19.9 Å².